The number of rotatable bonds is 1. The highest BCUT2D eigenvalue weighted by atomic mass is 32.2. The van der Waals surface area contributed by atoms with Gasteiger partial charge in [0.1, 0.15) is 17.4 Å². The molecular formula is C17H20N4OS. The molecule has 3 rings (SSSR count). The molecule has 6 heteroatoms. The van der Waals surface area contributed by atoms with E-state index in [-0.39, 0.29) is 18.2 Å². The van der Waals surface area contributed by atoms with Crippen molar-refractivity contribution in [2.45, 2.75) is 26.0 Å². The second-order valence-electron chi connectivity index (χ2n) is 5.91. The number of hydrogen-bond donors (Lipinski definition) is 3. The minimum atomic E-state index is 0.226. The number of aromatic hydroxyl groups is 1. The number of allylic oxidation sites excluding steroid dienone is 1. The van der Waals surface area contributed by atoms with Crippen LogP contribution in [-0.4, -0.2) is 39.2 Å². The standard InChI is InChI=1S/C17H20N4OS/c1-9-10(2)23-17-15(9)16(12-4-6-13(22)7-5-12)20-8-14(19)21(17)11(3)18/h4-7,9-10,18-19,22H,8H2,1-3H3. The van der Waals surface area contributed by atoms with Crippen LogP contribution in [0.2, 0.25) is 0 Å². The van der Waals surface area contributed by atoms with Crippen LogP contribution < -0.4 is 0 Å². The second-order valence-corrected chi connectivity index (χ2v) is 7.28. The summed E-state index contributed by atoms with van der Waals surface area (Å²) < 4.78 is 0. The van der Waals surface area contributed by atoms with E-state index in [0.717, 1.165) is 21.9 Å². The van der Waals surface area contributed by atoms with E-state index in [0.29, 0.717) is 16.9 Å². The fourth-order valence-corrected chi connectivity index (χ4v) is 4.37. The van der Waals surface area contributed by atoms with Crippen molar-refractivity contribution in [1.82, 2.24) is 4.90 Å². The number of hydrogen-bond acceptors (Lipinski definition) is 5. The van der Waals surface area contributed by atoms with Gasteiger partial charge < -0.3 is 5.11 Å². The lowest BCUT2D eigenvalue weighted by Gasteiger charge is -2.23. The Morgan fingerprint density at radius 1 is 1.30 bits per heavy atom. The maximum absolute atomic E-state index is 9.52. The molecule has 0 bridgehead atoms. The van der Waals surface area contributed by atoms with Crippen molar-refractivity contribution in [2.24, 2.45) is 10.9 Å². The molecule has 2 aliphatic heterocycles. The maximum atomic E-state index is 9.52. The summed E-state index contributed by atoms with van der Waals surface area (Å²) in [6.45, 7) is 6.29. The molecule has 120 valence electrons. The molecule has 2 aliphatic rings. The monoisotopic (exact) mass is 328 g/mol. The van der Waals surface area contributed by atoms with Crippen molar-refractivity contribution in [2.75, 3.05) is 6.54 Å². The molecule has 5 nitrogen and oxygen atoms in total. The number of nitrogens with zero attached hydrogens (tertiary/aromatic N) is 2. The fraction of sp³-hybridized carbons (Fsp3) is 0.353. The Labute approximate surface area is 140 Å². The van der Waals surface area contributed by atoms with Gasteiger partial charge in [-0.1, -0.05) is 13.8 Å². The van der Waals surface area contributed by atoms with Crippen LogP contribution >= 0.6 is 11.8 Å². The highest BCUT2D eigenvalue weighted by Crippen LogP contribution is 2.46. The SMILES string of the molecule is CC(=N)N1C(=N)CN=C(c2ccc(O)cc2)C2=C1SC(C)C2C. The van der Waals surface area contributed by atoms with Crippen LogP contribution in [0.25, 0.3) is 0 Å². The molecule has 23 heavy (non-hydrogen) atoms. The lowest BCUT2D eigenvalue weighted by atomic mass is 9.91. The maximum Gasteiger partial charge on any atom is 0.128 e. The Bertz CT molecular complexity index is 735. The third kappa shape index (κ3) is 2.67. The number of phenols is 1. The molecule has 0 fully saturated rings. The largest absolute Gasteiger partial charge is 0.508 e. The number of phenolic OH excluding ortho intramolecular Hbond substituents is 1. The Kier molecular flexibility index (Phi) is 4.02. The smallest absolute Gasteiger partial charge is 0.128 e. The lowest BCUT2D eigenvalue weighted by Crippen LogP contribution is -2.33. The van der Waals surface area contributed by atoms with Crippen molar-refractivity contribution >= 4 is 29.1 Å². The summed E-state index contributed by atoms with van der Waals surface area (Å²) in [4.78, 5) is 6.37. The van der Waals surface area contributed by atoms with Crippen molar-refractivity contribution in [3.63, 3.8) is 0 Å². The van der Waals surface area contributed by atoms with Crippen LogP contribution in [0.3, 0.4) is 0 Å². The zero-order valence-electron chi connectivity index (χ0n) is 13.4. The number of amidine groups is 2. The van der Waals surface area contributed by atoms with Gasteiger partial charge in [-0.25, -0.2) is 0 Å². The van der Waals surface area contributed by atoms with E-state index in [4.69, 9.17) is 10.8 Å². The predicted molar refractivity (Wildman–Crippen MR) is 95.7 cm³/mol. The van der Waals surface area contributed by atoms with Gasteiger partial charge >= 0.3 is 0 Å². The first-order chi connectivity index (χ1) is 10.9. The molecule has 0 saturated heterocycles. The van der Waals surface area contributed by atoms with E-state index in [2.05, 4.69) is 18.8 Å². The lowest BCUT2D eigenvalue weighted by molar-refractivity contribution is 0.475. The first kappa shape index (κ1) is 15.8. The first-order valence-corrected chi connectivity index (χ1v) is 8.46. The zero-order valence-corrected chi connectivity index (χ0v) is 14.2. The molecule has 1 aromatic rings. The molecule has 0 spiro atoms. The van der Waals surface area contributed by atoms with Gasteiger partial charge in [0.25, 0.3) is 0 Å². The van der Waals surface area contributed by atoms with Crippen LogP contribution in [0, 0.1) is 16.7 Å². The third-order valence-corrected chi connectivity index (χ3v) is 5.68. The summed E-state index contributed by atoms with van der Waals surface area (Å²) in [5, 5.41) is 27.2. The fourth-order valence-electron chi connectivity index (χ4n) is 2.91. The molecule has 0 aromatic heterocycles. The molecule has 0 aliphatic carbocycles. The molecule has 0 radical (unpaired) electrons. The van der Waals surface area contributed by atoms with Crippen LogP contribution in [0.15, 0.2) is 39.9 Å². The topological polar surface area (TPSA) is 83.5 Å². The zero-order chi connectivity index (χ0) is 16.7. The van der Waals surface area contributed by atoms with Gasteiger partial charge in [0, 0.05) is 16.4 Å². The summed E-state index contributed by atoms with van der Waals surface area (Å²) in [7, 11) is 0. The Balaban J connectivity index is 2.17. The van der Waals surface area contributed by atoms with E-state index in [9.17, 15) is 5.11 Å². The minimum Gasteiger partial charge on any atom is -0.508 e. The van der Waals surface area contributed by atoms with Gasteiger partial charge in [-0.15, -0.1) is 11.8 Å². The molecule has 0 amide bonds. The molecular weight excluding hydrogens is 308 g/mol. The van der Waals surface area contributed by atoms with Crippen molar-refractivity contribution < 1.29 is 5.11 Å². The van der Waals surface area contributed by atoms with Gasteiger partial charge in [0.2, 0.25) is 0 Å². The van der Waals surface area contributed by atoms with Gasteiger partial charge in [0.05, 0.1) is 17.3 Å². The summed E-state index contributed by atoms with van der Waals surface area (Å²) >= 11 is 1.71. The molecule has 2 atom stereocenters. The number of nitrogens with one attached hydrogen (secondary N) is 2. The third-order valence-electron chi connectivity index (χ3n) is 4.28. The molecule has 0 saturated carbocycles. The molecule has 2 unspecified atom stereocenters. The van der Waals surface area contributed by atoms with Gasteiger partial charge in [-0.05, 0) is 37.1 Å². The summed E-state index contributed by atoms with van der Waals surface area (Å²) in [6, 6.07) is 7.03. The van der Waals surface area contributed by atoms with Crippen LogP contribution in [-0.2, 0) is 0 Å². The van der Waals surface area contributed by atoms with Crippen molar-refractivity contribution in [1.29, 1.82) is 10.8 Å². The average molecular weight is 328 g/mol. The quantitative estimate of drug-likeness (QED) is 0.545. The summed E-state index contributed by atoms with van der Waals surface area (Å²) in [5.74, 6) is 1.19. The second kappa shape index (κ2) is 5.85. The van der Waals surface area contributed by atoms with Crippen LogP contribution in [0.1, 0.15) is 26.3 Å². The molecule has 3 N–H and O–H groups in total. The number of aliphatic imine (C=N–C) groups is 1. The van der Waals surface area contributed by atoms with E-state index in [1.165, 1.54) is 0 Å². The average Bonchev–Trinajstić information content (AvgIpc) is 2.68. The first-order valence-electron chi connectivity index (χ1n) is 7.58. The normalized spacial score (nSPS) is 24.4. The number of thioether (sulfide) groups is 1. The van der Waals surface area contributed by atoms with Crippen molar-refractivity contribution in [3.05, 3.63) is 40.4 Å². The Hall–Kier alpha value is -2.08. The molecule has 2 heterocycles. The van der Waals surface area contributed by atoms with Crippen LogP contribution in [0.4, 0.5) is 0 Å². The molecule has 1 aromatic carbocycles. The highest BCUT2D eigenvalue weighted by molar-refractivity contribution is 8.04. The van der Waals surface area contributed by atoms with E-state index in [1.54, 1.807) is 35.7 Å². The summed E-state index contributed by atoms with van der Waals surface area (Å²) in [6.07, 6.45) is 0. The Morgan fingerprint density at radius 2 is 1.96 bits per heavy atom. The van der Waals surface area contributed by atoms with Gasteiger partial charge in [-0.3, -0.25) is 20.7 Å². The van der Waals surface area contributed by atoms with Gasteiger partial charge in [0.15, 0.2) is 0 Å². The van der Waals surface area contributed by atoms with Crippen LogP contribution in [0.5, 0.6) is 5.75 Å². The Morgan fingerprint density at radius 3 is 2.57 bits per heavy atom. The van der Waals surface area contributed by atoms with E-state index >= 15 is 0 Å². The predicted octanol–water partition coefficient (Wildman–Crippen LogP) is 3.45. The van der Waals surface area contributed by atoms with E-state index < -0.39 is 0 Å². The van der Waals surface area contributed by atoms with Crippen molar-refractivity contribution in [3.8, 4) is 5.75 Å². The number of benzene rings is 1. The minimum absolute atomic E-state index is 0.226. The van der Waals surface area contributed by atoms with E-state index in [1.807, 2.05) is 12.1 Å². The van der Waals surface area contributed by atoms with Gasteiger partial charge in [-0.2, -0.15) is 0 Å². The summed E-state index contributed by atoms with van der Waals surface area (Å²) in [5.41, 5.74) is 2.91. The highest BCUT2D eigenvalue weighted by Gasteiger charge is 2.38.